The van der Waals surface area contributed by atoms with Gasteiger partial charge in [0.1, 0.15) is 0 Å². The van der Waals surface area contributed by atoms with Gasteiger partial charge < -0.3 is 5.73 Å². The minimum atomic E-state index is -2.88. The van der Waals surface area contributed by atoms with Crippen LogP contribution in [0.15, 0.2) is 60.7 Å². The Morgan fingerprint density at radius 3 is 1.74 bits per heavy atom. The summed E-state index contributed by atoms with van der Waals surface area (Å²) in [6.45, 7) is 1.24. The summed E-state index contributed by atoms with van der Waals surface area (Å²) in [7, 11) is -2.88. The zero-order chi connectivity index (χ0) is 16.3. The van der Waals surface area contributed by atoms with Crippen LogP contribution in [0, 0.1) is 5.92 Å². The van der Waals surface area contributed by atoms with Crippen molar-refractivity contribution < 1.29 is 9.36 Å². The first kappa shape index (κ1) is 16.0. The van der Waals surface area contributed by atoms with Crippen LogP contribution in [0.25, 0.3) is 0 Å². The van der Waals surface area contributed by atoms with Crippen LogP contribution in [0.3, 0.4) is 0 Å². The highest BCUT2D eigenvalue weighted by Crippen LogP contribution is 2.49. The fourth-order valence-corrected chi connectivity index (χ4v) is 6.07. The van der Waals surface area contributed by atoms with Crippen LogP contribution in [-0.4, -0.2) is 23.7 Å². The third kappa shape index (κ3) is 3.10. The maximum atomic E-state index is 14.1. The fraction of sp³-hybridized carbons (Fsp3) is 0.278. The monoisotopic (exact) mass is 328 g/mol. The molecule has 1 amide bonds. The zero-order valence-corrected chi connectivity index (χ0v) is 13.9. The van der Waals surface area contributed by atoms with Crippen molar-refractivity contribution in [1.82, 2.24) is 4.67 Å². The second kappa shape index (κ2) is 6.69. The second-order valence-corrected chi connectivity index (χ2v) is 8.63. The molecule has 120 valence electrons. The zero-order valence-electron chi connectivity index (χ0n) is 13.0. The van der Waals surface area contributed by atoms with Crippen molar-refractivity contribution in [1.29, 1.82) is 0 Å². The molecule has 1 saturated heterocycles. The number of rotatable bonds is 4. The van der Waals surface area contributed by atoms with Gasteiger partial charge in [-0.1, -0.05) is 36.4 Å². The summed E-state index contributed by atoms with van der Waals surface area (Å²) >= 11 is 0. The van der Waals surface area contributed by atoms with Gasteiger partial charge in [-0.15, -0.1) is 0 Å². The first-order valence-electron chi connectivity index (χ1n) is 7.88. The molecule has 2 aromatic rings. The van der Waals surface area contributed by atoms with Gasteiger partial charge in [0.25, 0.3) is 0 Å². The predicted molar refractivity (Wildman–Crippen MR) is 93.2 cm³/mol. The van der Waals surface area contributed by atoms with Crippen LogP contribution in [0.2, 0.25) is 0 Å². The van der Waals surface area contributed by atoms with Gasteiger partial charge in [0.05, 0.1) is 0 Å². The smallest absolute Gasteiger partial charge is 0.220 e. The lowest BCUT2D eigenvalue weighted by molar-refractivity contribution is -0.122. The van der Waals surface area contributed by atoms with E-state index in [0.29, 0.717) is 25.9 Å². The van der Waals surface area contributed by atoms with Gasteiger partial charge in [-0.3, -0.25) is 9.36 Å². The Balaban J connectivity index is 1.98. The number of primary amides is 1. The van der Waals surface area contributed by atoms with E-state index in [4.69, 9.17) is 5.73 Å². The molecule has 1 heterocycles. The van der Waals surface area contributed by atoms with Crippen molar-refractivity contribution in [2.45, 2.75) is 12.8 Å². The van der Waals surface area contributed by atoms with Crippen molar-refractivity contribution in [3.05, 3.63) is 60.7 Å². The normalized spacial score (nSPS) is 17.0. The average Bonchev–Trinajstić information content (AvgIpc) is 2.62. The molecule has 0 aliphatic carbocycles. The molecule has 4 nitrogen and oxygen atoms in total. The van der Waals surface area contributed by atoms with E-state index >= 15 is 0 Å². The van der Waals surface area contributed by atoms with E-state index in [9.17, 15) is 9.36 Å². The third-order valence-corrected chi connectivity index (χ3v) is 7.68. The molecule has 0 saturated carbocycles. The molecular weight excluding hydrogens is 307 g/mol. The Hall–Kier alpha value is -1.90. The summed E-state index contributed by atoms with van der Waals surface area (Å²) in [5.41, 5.74) is 5.42. The first-order valence-corrected chi connectivity index (χ1v) is 9.54. The van der Waals surface area contributed by atoms with Crippen molar-refractivity contribution >= 4 is 23.8 Å². The molecule has 0 radical (unpaired) electrons. The molecule has 0 atom stereocenters. The highest BCUT2D eigenvalue weighted by molar-refractivity contribution is 7.76. The van der Waals surface area contributed by atoms with Gasteiger partial charge in [0.2, 0.25) is 13.2 Å². The number of hydrogen-bond donors (Lipinski definition) is 1. The van der Waals surface area contributed by atoms with Crippen molar-refractivity contribution in [2.75, 3.05) is 13.1 Å². The average molecular weight is 328 g/mol. The van der Waals surface area contributed by atoms with Crippen molar-refractivity contribution in [3.8, 4) is 0 Å². The highest BCUT2D eigenvalue weighted by Gasteiger charge is 2.37. The van der Waals surface area contributed by atoms with E-state index in [-0.39, 0.29) is 11.8 Å². The lowest BCUT2D eigenvalue weighted by Crippen LogP contribution is -2.41. The third-order valence-electron chi connectivity index (χ3n) is 4.48. The van der Waals surface area contributed by atoms with E-state index < -0.39 is 7.29 Å². The van der Waals surface area contributed by atoms with E-state index in [2.05, 4.69) is 0 Å². The molecule has 2 aromatic carbocycles. The van der Waals surface area contributed by atoms with E-state index in [1.165, 1.54) is 0 Å². The SMILES string of the molecule is NC(=O)C1CCN(P(=O)(c2ccccc2)c2ccccc2)CC1. The Bertz CT molecular complexity index is 667. The lowest BCUT2D eigenvalue weighted by Gasteiger charge is -2.37. The summed E-state index contributed by atoms with van der Waals surface area (Å²) in [5, 5.41) is 1.67. The van der Waals surface area contributed by atoms with Gasteiger partial charge >= 0.3 is 0 Å². The minimum Gasteiger partial charge on any atom is -0.369 e. The molecule has 1 aliphatic rings. The topological polar surface area (TPSA) is 63.4 Å². The van der Waals surface area contributed by atoms with Crippen molar-refractivity contribution in [3.63, 3.8) is 0 Å². The van der Waals surface area contributed by atoms with Crippen LogP contribution < -0.4 is 16.3 Å². The van der Waals surface area contributed by atoms with Crippen LogP contribution in [0.4, 0.5) is 0 Å². The number of nitrogens with zero attached hydrogens (tertiary/aromatic N) is 1. The number of benzene rings is 2. The summed E-state index contributed by atoms with van der Waals surface area (Å²) in [4.78, 5) is 11.4. The Morgan fingerprint density at radius 1 is 0.913 bits per heavy atom. The largest absolute Gasteiger partial charge is 0.369 e. The van der Waals surface area contributed by atoms with E-state index in [0.717, 1.165) is 10.6 Å². The number of piperidine rings is 1. The number of nitrogens with two attached hydrogens (primary N) is 1. The van der Waals surface area contributed by atoms with Gasteiger partial charge in [-0.05, 0) is 37.1 Å². The predicted octanol–water partition coefficient (Wildman–Crippen LogP) is 2.11. The summed E-state index contributed by atoms with van der Waals surface area (Å²) in [5.74, 6) is -0.356. The summed E-state index contributed by atoms with van der Waals surface area (Å²) in [6.07, 6.45) is 1.33. The maximum Gasteiger partial charge on any atom is 0.220 e. The Morgan fingerprint density at radius 2 is 1.35 bits per heavy atom. The number of amides is 1. The molecule has 0 spiro atoms. The summed E-state index contributed by atoms with van der Waals surface area (Å²) < 4.78 is 16.1. The van der Waals surface area contributed by atoms with Crippen molar-refractivity contribution in [2.24, 2.45) is 11.7 Å². The number of hydrogen-bond acceptors (Lipinski definition) is 2. The van der Waals surface area contributed by atoms with E-state index in [1.807, 2.05) is 65.3 Å². The van der Waals surface area contributed by atoms with Gasteiger partial charge in [-0.25, -0.2) is 4.67 Å². The van der Waals surface area contributed by atoms with Gasteiger partial charge in [0.15, 0.2) is 0 Å². The molecule has 0 unspecified atom stereocenters. The molecule has 1 aliphatic heterocycles. The molecule has 2 N–H and O–H groups in total. The minimum absolute atomic E-state index is 0.105. The maximum absolute atomic E-state index is 14.1. The fourth-order valence-electron chi connectivity index (χ4n) is 3.17. The standard InChI is InChI=1S/C18H21N2O2P/c19-18(21)15-11-13-20(14-12-15)23(22,16-7-3-1-4-8-16)17-9-5-2-6-10-17/h1-10,15H,11-14H2,(H2,19,21). The molecule has 1 fully saturated rings. The quantitative estimate of drug-likeness (QED) is 0.875. The molecule has 0 aromatic heterocycles. The lowest BCUT2D eigenvalue weighted by atomic mass is 9.98. The molecular formula is C18H21N2O2P. The molecule has 5 heteroatoms. The highest BCUT2D eigenvalue weighted by atomic mass is 31.2. The first-order chi connectivity index (χ1) is 11.1. The molecule has 3 rings (SSSR count). The van der Waals surface area contributed by atoms with Crippen LogP contribution in [-0.2, 0) is 9.36 Å². The molecule has 23 heavy (non-hydrogen) atoms. The second-order valence-electron chi connectivity index (χ2n) is 5.88. The number of carbonyl (C=O) groups excluding carboxylic acids is 1. The molecule has 0 bridgehead atoms. The van der Waals surface area contributed by atoms with Crippen LogP contribution >= 0.6 is 7.29 Å². The Labute approximate surface area is 136 Å². The number of carbonyl (C=O) groups is 1. The van der Waals surface area contributed by atoms with Crippen LogP contribution in [0.1, 0.15) is 12.8 Å². The van der Waals surface area contributed by atoms with Gasteiger partial charge in [0, 0.05) is 29.6 Å². The summed E-state index contributed by atoms with van der Waals surface area (Å²) in [6, 6.07) is 19.2. The van der Waals surface area contributed by atoms with Crippen LogP contribution in [0.5, 0.6) is 0 Å². The Kier molecular flexibility index (Phi) is 4.65. The van der Waals surface area contributed by atoms with E-state index in [1.54, 1.807) is 0 Å². The van der Waals surface area contributed by atoms with Gasteiger partial charge in [-0.2, -0.15) is 0 Å².